The van der Waals surface area contributed by atoms with Crippen molar-refractivity contribution in [3.05, 3.63) is 0 Å². The summed E-state index contributed by atoms with van der Waals surface area (Å²) in [5, 5.41) is 9.28. The first-order valence-electron chi connectivity index (χ1n) is 4.10. The predicted molar refractivity (Wildman–Crippen MR) is 42.9 cm³/mol. The highest BCUT2D eigenvalue weighted by Crippen LogP contribution is 2.19. The number of carbonyl (C=O) groups is 1. The second kappa shape index (κ2) is 4.55. The van der Waals surface area contributed by atoms with Crippen molar-refractivity contribution in [2.24, 2.45) is 0 Å². The van der Waals surface area contributed by atoms with E-state index in [4.69, 9.17) is 14.2 Å². The lowest BCUT2D eigenvalue weighted by molar-refractivity contribution is -0.207. The van der Waals surface area contributed by atoms with Crippen LogP contribution in [0.25, 0.3) is 0 Å². The van der Waals surface area contributed by atoms with Gasteiger partial charge in [0, 0.05) is 20.6 Å². The maximum atomic E-state index is 10.9. The molecule has 0 radical (unpaired) electrons. The summed E-state index contributed by atoms with van der Waals surface area (Å²) >= 11 is 0. The van der Waals surface area contributed by atoms with Crippen LogP contribution in [0.4, 0.5) is 0 Å². The van der Waals surface area contributed by atoms with E-state index in [1.54, 1.807) is 0 Å². The Hall–Kier alpha value is -0.650. The van der Waals surface area contributed by atoms with Crippen LogP contribution in [0.3, 0.4) is 0 Å². The molecule has 0 aliphatic carbocycles. The van der Waals surface area contributed by atoms with Gasteiger partial charge in [0.2, 0.25) is 0 Å². The number of carbonyl (C=O) groups excluding carboxylic acids is 1. The Morgan fingerprint density at radius 1 is 1.54 bits per heavy atom. The van der Waals surface area contributed by atoms with Crippen LogP contribution in [-0.2, 0) is 19.0 Å². The summed E-state index contributed by atoms with van der Waals surface area (Å²) < 4.78 is 14.8. The van der Waals surface area contributed by atoms with Crippen molar-refractivity contribution in [3.63, 3.8) is 0 Å². The van der Waals surface area contributed by atoms with Crippen LogP contribution in [0.1, 0.15) is 12.8 Å². The molecule has 5 nitrogen and oxygen atoms in total. The van der Waals surface area contributed by atoms with Gasteiger partial charge in [-0.1, -0.05) is 0 Å². The first-order valence-corrected chi connectivity index (χ1v) is 4.10. The summed E-state index contributed by atoms with van der Waals surface area (Å²) in [5.41, 5.74) is 0. The fraction of sp³-hybridized carbons (Fsp3) is 0.875. The SMILES string of the molecule is COC(OC)C1CC(O)CC(=O)O1. The largest absolute Gasteiger partial charge is 0.457 e. The molecule has 0 bridgehead atoms. The van der Waals surface area contributed by atoms with Gasteiger partial charge in [-0.05, 0) is 0 Å². The van der Waals surface area contributed by atoms with Gasteiger partial charge >= 0.3 is 5.97 Å². The number of esters is 1. The summed E-state index contributed by atoms with van der Waals surface area (Å²) in [7, 11) is 2.92. The minimum atomic E-state index is -0.654. The molecule has 0 amide bonds. The van der Waals surface area contributed by atoms with Gasteiger partial charge in [0.25, 0.3) is 0 Å². The molecule has 5 heteroatoms. The molecule has 1 aliphatic rings. The van der Waals surface area contributed by atoms with E-state index in [0.29, 0.717) is 6.42 Å². The van der Waals surface area contributed by atoms with Gasteiger partial charge in [-0.3, -0.25) is 4.79 Å². The Bertz CT molecular complexity index is 177. The van der Waals surface area contributed by atoms with Crippen LogP contribution in [0.15, 0.2) is 0 Å². The Balaban J connectivity index is 2.53. The van der Waals surface area contributed by atoms with Gasteiger partial charge < -0.3 is 19.3 Å². The van der Waals surface area contributed by atoms with E-state index in [-0.39, 0.29) is 6.42 Å². The fourth-order valence-electron chi connectivity index (χ4n) is 1.38. The normalized spacial score (nSPS) is 29.1. The van der Waals surface area contributed by atoms with E-state index < -0.39 is 24.5 Å². The van der Waals surface area contributed by atoms with Crippen molar-refractivity contribution in [1.29, 1.82) is 0 Å². The second-order valence-corrected chi connectivity index (χ2v) is 2.96. The second-order valence-electron chi connectivity index (χ2n) is 2.96. The molecule has 2 unspecified atom stereocenters. The molecular weight excluding hydrogens is 176 g/mol. The molecule has 1 saturated heterocycles. The molecule has 0 aromatic carbocycles. The van der Waals surface area contributed by atoms with E-state index in [1.165, 1.54) is 14.2 Å². The zero-order chi connectivity index (χ0) is 9.84. The lowest BCUT2D eigenvalue weighted by Gasteiger charge is -2.30. The zero-order valence-corrected chi connectivity index (χ0v) is 7.73. The molecule has 0 aromatic rings. The van der Waals surface area contributed by atoms with Crippen molar-refractivity contribution < 1.29 is 24.1 Å². The maximum Gasteiger partial charge on any atom is 0.308 e. The highest BCUT2D eigenvalue weighted by Gasteiger charge is 2.33. The lowest BCUT2D eigenvalue weighted by atomic mass is 10.1. The third-order valence-electron chi connectivity index (χ3n) is 1.96. The van der Waals surface area contributed by atoms with E-state index >= 15 is 0 Å². The van der Waals surface area contributed by atoms with Crippen LogP contribution in [0.5, 0.6) is 0 Å². The van der Waals surface area contributed by atoms with Gasteiger partial charge in [-0.15, -0.1) is 0 Å². The number of hydrogen-bond acceptors (Lipinski definition) is 5. The fourth-order valence-corrected chi connectivity index (χ4v) is 1.38. The number of aliphatic hydroxyl groups excluding tert-OH is 1. The number of cyclic esters (lactones) is 1. The van der Waals surface area contributed by atoms with Gasteiger partial charge in [0.05, 0.1) is 12.5 Å². The maximum absolute atomic E-state index is 10.9. The molecule has 0 aromatic heterocycles. The van der Waals surface area contributed by atoms with Gasteiger partial charge in [0.15, 0.2) is 12.4 Å². The molecular formula is C8H14O5. The van der Waals surface area contributed by atoms with E-state index in [9.17, 15) is 9.90 Å². The first kappa shape index (κ1) is 10.4. The molecule has 0 saturated carbocycles. The first-order chi connectivity index (χ1) is 6.17. The number of methoxy groups -OCH3 is 2. The number of rotatable bonds is 3. The van der Waals surface area contributed by atoms with E-state index in [0.717, 1.165) is 0 Å². The minimum Gasteiger partial charge on any atom is -0.457 e. The number of hydrogen-bond donors (Lipinski definition) is 1. The van der Waals surface area contributed by atoms with Gasteiger partial charge in [-0.25, -0.2) is 0 Å². The van der Waals surface area contributed by atoms with Gasteiger partial charge in [-0.2, -0.15) is 0 Å². The van der Waals surface area contributed by atoms with Gasteiger partial charge in [0.1, 0.15) is 0 Å². The smallest absolute Gasteiger partial charge is 0.308 e. The van der Waals surface area contributed by atoms with Crippen LogP contribution < -0.4 is 0 Å². The standard InChI is InChI=1S/C8H14O5/c1-11-8(12-2)6-3-5(9)4-7(10)13-6/h5-6,8-9H,3-4H2,1-2H3. The zero-order valence-electron chi connectivity index (χ0n) is 7.73. The molecule has 13 heavy (non-hydrogen) atoms. The molecule has 1 heterocycles. The van der Waals surface area contributed by atoms with Crippen LogP contribution in [0, 0.1) is 0 Å². The summed E-state index contributed by atoms with van der Waals surface area (Å²) in [6, 6.07) is 0. The highest BCUT2D eigenvalue weighted by atomic mass is 16.7. The van der Waals surface area contributed by atoms with Crippen molar-refractivity contribution in [1.82, 2.24) is 0 Å². The summed E-state index contributed by atoms with van der Waals surface area (Å²) in [5.74, 6) is -0.414. The number of ether oxygens (including phenoxy) is 3. The molecule has 1 aliphatic heterocycles. The molecule has 1 fully saturated rings. The van der Waals surface area contributed by atoms with Crippen molar-refractivity contribution in [2.75, 3.05) is 14.2 Å². The van der Waals surface area contributed by atoms with E-state index in [2.05, 4.69) is 0 Å². The Kier molecular flexibility index (Phi) is 3.65. The molecule has 2 atom stereocenters. The van der Waals surface area contributed by atoms with Crippen molar-refractivity contribution in [2.45, 2.75) is 31.3 Å². The third kappa shape index (κ3) is 2.65. The number of aliphatic hydroxyl groups is 1. The molecule has 76 valence electrons. The van der Waals surface area contributed by atoms with Crippen molar-refractivity contribution in [3.8, 4) is 0 Å². The average Bonchev–Trinajstić information content (AvgIpc) is 2.04. The summed E-state index contributed by atoms with van der Waals surface area (Å²) in [6.07, 6.45) is -1.35. The quantitative estimate of drug-likeness (QED) is 0.487. The average molecular weight is 190 g/mol. The molecule has 1 N–H and O–H groups in total. The Morgan fingerprint density at radius 2 is 2.15 bits per heavy atom. The summed E-state index contributed by atoms with van der Waals surface area (Å²) in [6.45, 7) is 0. The third-order valence-corrected chi connectivity index (χ3v) is 1.96. The minimum absolute atomic E-state index is 0.0522. The van der Waals surface area contributed by atoms with Crippen LogP contribution in [0.2, 0.25) is 0 Å². The van der Waals surface area contributed by atoms with Crippen molar-refractivity contribution >= 4 is 5.97 Å². The Morgan fingerprint density at radius 3 is 2.62 bits per heavy atom. The topological polar surface area (TPSA) is 65.0 Å². The van der Waals surface area contributed by atoms with Crippen LogP contribution in [-0.4, -0.2) is 43.8 Å². The van der Waals surface area contributed by atoms with E-state index in [1.807, 2.05) is 0 Å². The summed E-state index contributed by atoms with van der Waals surface area (Å²) in [4.78, 5) is 10.9. The Labute approximate surface area is 76.6 Å². The molecule has 0 spiro atoms. The monoisotopic (exact) mass is 190 g/mol. The highest BCUT2D eigenvalue weighted by molar-refractivity contribution is 5.71. The lowest BCUT2D eigenvalue weighted by Crippen LogP contribution is -2.41. The molecule has 1 rings (SSSR count). The predicted octanol–water partition coefficient (Wildman–Crippen LogP) is -0.328. The van der Waals surface area contributed by atoms with Crippen LogP contribution >= 0.6 is 0 Å².